The predicted octanol–water partition coefficient (Wildman–Crippen LogP) is 2.73. The van der Waals surface area contributed by atoms with Gasteiger partial charge in [-0.15, -0.1) is 11.3 Å². The van der Waals surface area contributed by atoms with E-state index in [-0.39, 0.29) is 4.90 Å². The molecule has 3 rings (SSSR count). The Bertz CT molecular complexity index is 863. The maximum Gasteiger partial charge on any atom is 0.240 e. The van der Waals surface area contributed by atoms with Crippen LogP contribution in [-0.2, 0) is 16.4 Å². The first-order chi connectivity index (χ1) is 11.1. The van der Waals surface area contributed by atoms with Crippen molar-refractivity contribution < 1.29 is 8.42 Å². The average molecular weight is 345 g/mol. The van der Waals surface area contributed by atoms with E-state index in [0.717, 1.165) is 16.3 Å². The van der Waals surface area contributed by atoms with E-state index in [4.69, 9.17) is 0 Å². The molecule has 0 bridgehead atoms. The van der Waals surface area contributed by atoms with Gasteiger partial charge in [0.05, 0.1) is 10.6 Å². The van der Waals surface area contributed by atoms with Crippen molar-refractivity contribution in [1.82, 2.24) is 14.7 Å². The van der Waals surface area contributed by atoms with Crippen LogP contribution in [0.3, 0.4) is 0 Å². The van der Waals surface area contributed by atoms with Gasteiger partial charge in [-0.2, -0.15) is 0 Å². The third kappa shape index (κ3) is 4.01. The van der Waals surface area contributed by atoms with Crippen LogP contribution in [0.1, 0.15) is 5.69 Å². The minimum atomic E-state index is -3.46. The van der Waals surface area contributed by atoms with Crippen LogP contribution >= 0.6 is 11.3 Å². The maximum absolute atomic E-state index is 12.1. The predicted molar refractivity (Wildman–Crippen MR) is 90.7 cm³/mol. The number of nitrogens with one attached hydrogen (secondary N) is 1. The lowest BCUT2D eigenvalue weighted by molar-refractivity contribution is 0.581. The van der Waals surface area contributed by atoms with Gasteiger partial charge in [-0.05, 0) is 24.3 Å². The van der Waals surface area contributed by atoms with Gasteiger partial charge < -0.3 is 0 Å². The molecule has 0 saturated heterocycles. The highest BCUT2D eigenvalue weighted by molar-refractivity contribution is 7.89. The maximum atomic E-state index is 12.1. The summed E-state index contributed by atoms with van der Waals surface area (Å²) in [6.45, 7) is 0.316. The minimum Gasteiger partial charge on any atom is -0.265 e. The Kier molecular flexibility index (Phi) is 4.80. The topological polar surface area (TPSA) is 72.0 Å². The molecule has 0 saturated carbocycles. The molecule has 0 fully saturated rings. The number of nitrogens with zero attached hydrogens (tertiary/aromatic N) is 2. The normalized spacial score (nSPS) is 11.5. The van der Waals surface area contributed by atoms with Crippen LogP contribution in [0.2, 0.25) is 0 Å². The van der Waals surface area contributed by atoms with Gasteiger partial charge in [0, 0.05) is 36.3 Å². The number of aromatic nitrogens is 2. The smallest absolute Gasteiger partial charge is 0.240 e. The third-order valence-electron chi connectivity index (χ3n) is 3.21. The lowest BCUT2D eigenvalue weighted by Crippen LogP contribution is -2.26. The van der Waals surface area contributed by atoms with Gasteiger partial charge in [0.2, 0.25) is 10.0 Å². The second kappa shape index (κ2) is 6.99. The summed E-state index contributed by atoms with van der Waals surface area (Å²) in [6, 6.07) is 12.2. The number of sulfonamides is 1. The molecule has 0 atom stereocenters. The van der Waals surface area contributed by atoms with Crippen molar-refractivity contribution in [2.24, 2.45) is 0 Å². The molecule has 23 heavy (non-hydrogen) atoms. The molecule has 0 unspecified atom stereocenters. The quantitative estimate of drug-likeness (QED) is 0.746. The number of thiazole rings is 1. The van der Waals surface area contributed by atoms with E-state index >= 15 is 0 Å². The highest BCUT2D eigenvalue weighted by Crippen LogP contribution is 2.22. The van der Waals surface area contributed by atoms with E-state index in [1.165, 1.54) is 0 Å². The van der Waals surface area contributed by atoms with E-state index in [1.807, 2.05) is 17.5 Å². The van der Waals surface area contributed by atoms with E-state index in [2.05, 4.69) is 14.7 Å². The molecule has 7 heteroatoms. The molecule has 0 spiro atoms. The molecule has 1 aromatic carbocycles. The summed E-state index contributed by atoms with van der Waals surface area (Å²) in [7, 11) is -3.46. The van der Waals surface area contributed by atoms with Gasteiger partial charge in [0.25, 0.3) is 0 Å². The van der Waals surface area contributed by atoms with Crippen LogP contribution in [-0.4, -0.2) is 24.9 Å². The molecule has 5 nitrogen and oxygen atoms in total. The van der Waals surface area contributed by atoms with Gasteiger partial charge in [0.1, 0.15) is 5.01 Å². The Labute approximate surface area is 139 Å². The van der Waals surface area contributed by atoms with E-state index in [9.17, 15) is 8.42 Å². The van der Waals surface area contributed by atoms with Gasteiger partial charge >= 0.3 is 0 Å². The summed E-state index contributed by atoms with van der Waals surface area (Å²) in [6.07, 6.45) is 4.00. The van der Waals surface area contributed by atoms with Gasteiger partial charge in [-0.25, -0.2) is 18.1 Å². The van der Waals surface area contributed by atoms with Gasteiger partial charge in [-0.1, -0.05) is 18.2 Å². The minimum absolute atomic E-state index is 0.274. The van der Waals surface area contributed by atoms with E-state index in [0.29, 0.717) is 13.0 Å². The monoisotopic (exact) mass is 345 g/mol. The molecule has 2 aromatic heterocycles. The van der Waals surface area contributed by atoms with Crippen molar-refractivity contribution in [3.63, 3.8) is 0 Å². The van der Waals surface area contributed by atoms with Crippen LogP contribution in [0.15, 0.2) is 65.1 Å². The summed E-state index contributed by atoms with van der Waals surface area (Å²) in [5.74, 6) is 0. The number of pyridine rings is 1. The highest BCUT2D eigenvalue weighted by Gasteiger charge is 2.13. The molecule has 0 radical (unpaired) electrons. The highest BCUT2D eigenvalue weighted by atomic mass is 32.2. The number of benzene rings is 1. The van der Waals surface area contributed by atoms with Gasteiger partial charge in [0.15, 0.2) is 0 Å². The van der Waals surface area contributed by atoms with Crippen LogP contribution in [0.5, 0.6) is 0 Å². The summed E-state index contributed by atoms with van der Waals surface area (Å²) >= 11 is 1.54. The first-order valence-corrected chi connectivity index (χ1v) is 9.41. The fourth-order valence-corrected chi connectivity index (χ4v) is 3.96. The van der Waals surface area contributed by atoms with Crippen molar-refractivity contribution >= 4 is 21.4 Å². The SMILES string of the molecule is O=S(=O)(NCCc1csc(-c2ccncc2)n1)c1ccccc1. The molecule has 0 aliphatic heterocycles. The Morgan fingerprint density at radius 2 is 1.78 bits per heavy atom. The average Bonchev–Trinajstić information content (AvgIpc) is 3.05. The molecule has 0 aliphatic carbocycles. The van der Waals surface area contributed by atoms with E-state index in [1.54, 1.807) is 54.1 Å². The third-order valence-corrected chi connectivity index (χ3v) is 5.62. The molecule has 1 N–H and O–H groups in total. The first-order valence-electron chi connectivity index (χ1n) is 7.05. The number of hydrogen-bond donors (Lipinski definition) is 1. The van der Waals surface area contributed by atoms with Gasteiger partial charge in [-0.3, -0.25) is 4.98 Å². The summed E-state index contributed by atoms with van der Waals surface area (Å²) in [5.41, 5.74) is 1.89. The Morgan fingerprint density at radius 1 is 1.04 bits per heavy atom. The molecule has 2 heterocycles. The fourth-order valence-electron chi connectivity index (χ4n) is 2.05. The zero-order chi connectivity index (χ0) is 16.1. The van der Waals surface area contributed by atoms with Crippen molar-refractivity contribution in [1.29, 1.82) is 0 Å². The Balaban J connectivity index is 1.61. The summed E-state index contributed by atoms with van der Waals surface area (Å²) in [4.78, 5) is 8.79. The molecule has 3 aromatic rings. The Hall–Kier alpha value is -2.09. The second-order valence-electron chi connectivity index (χ2n) is 4.84. The summed E-state index contributed by atoms with van der Waals surface area (Å²) in [5, 5.41) is 2.86. The lowest BCUT2D eigenvalue weighted by atomic mass is 10.3. The van der Waals surface area contributed by atoms with E-state index < -0.39 is 10.0 Å². The zero-order valence-electron chi connectivity index (χ0n) is 12.2. The van der Waals surface area contributed by atoms with Crippen LogP contribution in [0.25, 0.3) is 10.6 Å². The second-order valence-corrected chi connectivity index (χ2v) is 7.47. The molecule has 0 amide bonds. The van der Waals surface area contributed by atoms with Crippen LogP contribution < -0.4 is 4.72 Å². The first kappa shape index (κ1) is 15.8. The van der Waals surface area contributed by atoms with Crippen LogP contribution in [0, 0.1) is 0 Å². The van der Waals surface area contributed by atoms with Crippen molar-refractivity contribution in [2.45, 2.75) is 11.3 Å². The Morgan fingerprint density at radius 3 is 2.52 bits per heavy atom. The number of hydrogen-bond acceptors (Lipinski definition) is 5. The molecular formula is C16H15N3O2S2. The fraction of sp³-hybridized carbons (Fsp3) is 0.125. The largest absolute Gasteiger partial charge is 0.265 e. The lowest BCUT2D eigenvalue weighted by Gasteiger charge is -2.05. The van der Waals surface area contributed by atoms with Crippen molar-refractivity contribution in [3.05, 3.63) is 65.9 Å². The van der Waals surface area contributed by atoms with Crippen molar-refractivity contribution in [3.8, 4) is 10.6 Å². The molecule has 0 aliphatic rings. The molecule has 118 valence electrons. The van der Waals surface area contributed by atoms with Crippen molar-refractivity contribution in [2.75, 3.05) is 6.54 Å². The van der Waals surface area contributed by atoms with Crippen LogP contribution in [0.4, 0.5) is 0 Å². The number of rotatable bonds is 6. The zero-order valence-corrected chi connectivity index (χ0v) is 13.8. The molecular weight excluding hydrogens is 330 g/mol. The summed E-state index contributed by atoms with van der Waals surface area (Å²) < 4.78 is 26.8. The standard InChI is InChI=1S/C16H15N3O2S2/c20-23(21,15-4-2-1-3-5-15)18-11-8-14-12-22-16(19-14)13-6-9-17-10-7-13/h1-7,9-10,12,18H,8,11H2.